The van der Waals surface area contributed by atoms with Crippen LogP contribution in [0.25, 0.3) is 10.2 Å². The number of aromatic nitrogens is 1. The summed E-state index contributed by atoms with van der Waals surface area (Å²) in [6.07, 6.45) is -10.2. The molecule has 6 nitrogen and oxygen atoms in total. The van der Waals surface area contributed by atoms with E-state index in [9.17, 15) is 31.1 Å². The maximum atomic E-state index is 13.6. The van der Waals surface area contributed by atoms with Crippen molar-refractivity contribution in [3.8, 4) is 11.5 Å². The van der Waals surface area contributed by atoms with Crippen molar-refractivity contribution in [2.24, 2.45) is 0 Å². The Kier molecular flexibility index (Phi) is 8.58. The summed E-state index contributed by atoms with van der Waals surface area (Å²) in [5.74, 6) is -0.247. The topological polar surface area (TPSA) is 54.9 Å². The van der Waals surface area contributed by atoms with Crippen LogP contribution in [0.3, 0.4) is 0 Å². The number of methoxy groups -OCH3 is 2. The van der Waals surface area contributed by atoms with Gasteiger partial charge < -0.3 is 14.4 Å². The van der Waals surface area contributed by atoms with Gasteiger partial charge >= 0.3 is 12.4 Å². The maximum absolute atomic E-state index is 13.6. The number of carbonyl (C=O) groups is 1. The van der Waals surface area contributed by atoms with Gasteiger partial charge in [0.15, 0.2) is 5.13 Å². The molecule has 0 atom stereocenters. The van der Waals surface area contributed by atoms with E-state index in [1.165, 1.54) is 14.2 Å². The van der Waals surface area contributed by atoms with Gasteiger partial charge in [-0.25, -0.2) is 4.98 Å². The van der Waals surface area contributed by atoms with Gasteiger partial charge in [0, 0.05) is 18.7 Å². The van der Waals surface area contributed by atoms with Crippen molar-refractivity contribution in [2.45, 2.75) is 26.2 Å². The lowest BCUT2D eigenvalue weighted by Crippen LogP contribution is -2.39. The Morgan fingerprint density at radius 1 is 0.892 bits per heavy atom. The van der Waals surface area contributed by atoms with Gasteiger partial charge in [-0.15, -0.1) is 0 Å². The Morgan fingerprint density at radius 2 is 1.43 bits per heavy atom. The first-order chi connectivity index (χ1) is 17.3. The standard InChI is InChI=1S/C24H25F6N3O3S/c1-5-32(6-2)9-10-33(22-31-19-17(35-3)7-8-18(36-4)20(19)37-22)21(34)14-11-15(23(25,26)27)13-16(12-14)24(28,29)30/h7-8,11-13H,5-6,9-10H2,1-4H3. The summed E-state index contributed by atoms with van der Waals surface area (Å²) >= 11 is 1.02. The number of amides is 1. The third-order valence-corrected chi connectivity index (χ3v) is 6.84. The number of rotatable bonds is 9. The van der Waals surface area contributed by atoms with Crippen LogP contribution in [0.15, 0.2) is 30.3 Å². The number of alkyl halides is 6. The molecule has 1 amide bonds. The second kappa shape index (κ2) is 11.1. The molecule has 1 heterocycles. The van der Waals surface area contributed by atoms with Crippen LogP contribution < -0.4 is 14.4 Å². The third-order valence-electron chi connectivity index (χ3n) is 5.74. The molecule has 0 spiro atoms. The van der Waals surface area contributed by atoms with Gasteiger partial charge in [-0.05, 0) is 43.4 Å². The van der Waals surface area contributed by atoms with E-state index in [2.05, 4.69) is 4.98 Å². The molecule has 0 N–H and O–H groups in total. The molecule has 0 aliphatic heterocycles. The predicted molar refractivity (Wildman–Crippen MR) is 129 cm³/mol. The molecule has 202 valence electrons. The molecular weight excluding hydrogens is 524 g/mol. The summed E-state index contributed by atoms with van der Waals surface area (Å²) in [5, 5.41) is 0.0842. The molecule has 3 rings (SSSR count). The van der Waals surface area contributed by atoms with E-state index in [0.717, 1.165) is 16.2 Å². The number of hydrogen-bond donors (Lipinski definition) is 0. The maximum Gasteiger partial charge on any atom is 0.416 e. The van der Waals surface area contributed by atoms with Gasteiger partial charge in [0.25, 0.3) is 5.91 Å². The molecule has 0 saturated carbocycles. The molecule has 0 radical (unpaired) electrons. The van der Waals surface area contributed by atoms with Crippen LogP contribution in [0.1, 0.15) is 35.3 Å². The van der Waals surface area contributed by atoms with Gasteiger partial charge in [-0.3, -0.25) is 9.69 Å². The summed E-state index contributed by atoms with van der Waals surface area (Å²) < 4.78 is 91.8. The van der Waals surface area contributed by atoms with Gasteiger partial charge in [-0.1, -0.05) is 25.2 Å². The van der Waals surface area contributed by atoms with E-state index >= 15 is 0 Å². The average molecular weight is 550 g/mol. The first-order valence-electron chi connectivity index (χ1n) is 11.2. The van der Waals surface area contributed by atoms with Crippen molar-refractivity contribution in [1.29, 1.82) is 0 Å². The number of carbonyl (C=O) groups excluding carboxylic acids is 1. The number of ether oxygens (including phenoxy) is 2. The molecular formula is C24H25F6N3O3S. The summed E-state index contributed by atoms with van der Waals surface area (Å²) in [6.45, 7) is 5.33. The van der Waals surface area contributed by atoms with Gasteiger partial charge in [-0.2, -0.15) is 26.3 Å². The number of hydrogen-bond acceptors (Lipinski definition) is 6. The minimum atomic E-state index is -5.08. The minimum Gasteiger partial charge on any atom is -0.495 e. The number of likely N-dealkylation sites (N-methyl/N-ethyl adjacent to an activating group) is 1. The quantitative estimate of drug-likeness (QED) is 0.292. The zero-order valence-electron chi connectivity index (χ0n) is 20.5. The number of halogens is 6. The summed E-state index contributed by atoms with van der Waals surface area (Å²) in [6, 6.07) is 4.08. The van der Waals surface area contributed by atoms with Crippen LogP contribution in [0.2, 0.25) is 0 Å². The van der Waals surface area contributed by atoms with Crippen LogP contribution in [0.4, 0.5) is 31.5 Å². The lowest BCUT2D eigenvalue weighted by atomic mass is 10.0. The van der Waals surface area contributed by atoms with Crippen LogP contribution in [0.5, 0.6) is 11.5 Å². The normalized spacial score (nSPS) is 12.3. The first kappa shape index (κ1) is 28.5. The highest BCUT2D eigenvalue weighted by Gasteiger charge is 2.38. The number of benzene rings is 2. The van der Waals surface area contributed by atoms with Crippen LogP contribution in [-0.2, 0) is 12.4 Å². The number of nitrogens with zero attached hydrogens (tertiary/aromatic N) is 3. The lowest BCUT2D eigenvalue weighted by molar-refractivity contribution is -0.143. The van der Waals surface area contributed by atoms with E-state index in [0.29, 0.717) is 53.5 Å². The highest BCUT2D eigenvalue weighted by molar-refractivity contribution is 7.22. The first-order valence-corrected chi connectivity index (χ1v) is 12.0. The Morgan fingerprint density at radius 3 is 1.92 bits per heavy atom. The Bertz CT molecular complexity index is 1180. The molecule has 0 fully saturated rings. The molecule has 0 aliphatic carbocycles. The zero-order chi connectivity index (χ0) is 27.5. The van der Waals surface area contributed by atoms with E-state index in [1.807, 2.05) is 18.7 Å². The fourth-order valence-electron chi connectivity index (χ4n) is 3.69. The molecule has 1 aromatic heterocycles. The highest BCUT2D eigenvalue weighted by Crippen LogP contribution is 2.41. The van der Waals surface area contributed by atoms with E-state index in [-0.39, 0.29) is 17.7 Å². The number of anilines is 1. The fourth-order valence-corrected chi connectivity index (χ4v) is 4.79. The van der Waals surface area contributed by atoms with Gasteiger partial charge in [0.05, 0.1) is 25.3 Å². The monoisotopic (exact) mass is 549 g/mol. The summed E-state index contributed by atoms with van der Waals surface area (Å²) in [7, 11) is 2.86. The predicted octanol–water partition coefficient (Wildman–Crippen LogP) is 6.34. The molecule has 3 aromatic rings. The Balaban J connectivity index is 2.18. The van der Waals surface area contributed by atoms with Crippen molar-refractivity contribution in [2.75, 3.05) is 45.3 Å². The SMILES string of the molecule is CCN(CC)CCN(C(=O)c1cc(C(F)(F)F)cc(C(F)(F)F)c1)c1nc2c(OC)ccc(OC)c2s1. The second-order valence-electron chi connectivity index (χ2n) is 7.92. The largest absolute Gasteiger partial charge is 0.495 e. The lowest BCUT2D eigenvalue weighted by Gasteiger charge is -2.25. The molecule has 37 heavy (non-hydrogen) atoms. The van der Waals surface area contributed by atoms with E-state index in [1.54, 1.807) is 12.1 Å². The summed E-state index contributed by atoms with van der Waals surface area (Å²) in [5.41, 5.74) is -3.54. The van der Waals surface area contributed by atoms with Gasteiger partial charge in [0.2, 0.25) is 0 Å². The summed E-state index contributed by atoms with van der Waals surface area (Å²) in [4.78, 5) is 21.1. The highest BCUT2D eigenvalue weighted by atomic mass is 32.1. The van der Waals surface area contributed by atoms with Crippen LogP contribution >= 0.6 is 11.3 Å². The van der Waals surface area contributed by atoms with Crippen molar-refractivity contribution in [3.63, 3.8) is 0 Å². The van der Waals surface area contributed by atoms with E-state index < -0.39 is 35.0 Å². The van der Waals surface area contributed by atoms with E-state index in [4.69, 9.17) is 9.47 Å². The minimum absolute atomic E-state index is 0.00949. The zero-order valence-corrected chi connectivity index (χ0v) is 21.3. The number of fused-ring (bicyclic) bond motifs is 1. The third kappa shape index (κ3) is 6.27. The van der Waals surface area contributed by atoms with Crippen LogP contribution in [-0.4, -0.2) is 56.2 Å². The average Bonchev–Trinajstić information content (AvgIpc) is 3.29. The second-order valence-corrected chi connectivity index (χ2v) is 8.90. The molecule has 0 aliphatic rings. The smallest absolute Gasteiger partial charge is 0.416 e. The molecule has 0 saturated heterocycles. The van der Waals surface area contributed by atoms with Crippen molar-refractivity contribution < 1.29 is 40.6 Å². The van der Waals surface area contributed by atoms with Crippen LogP contribution in [0, 0.1) is 0 Å². The fraction of sp³-hybridized carbons (Fsp3) is 0.417. The van der Waals surface area contributed by atoms with Crippen molar-refractivity contribution in [3.05, 3.63) is 47.0 Å². The Hall–Kier alpha value is -3.06. The Labute approximate surface area is 213 Å². The van der Waals surface area contributed by atoms with Crippen molar-refractivity contribution in [1.82, 2.24) is 9.88 Å². The molecule has 0 bridgehead atoms. The van der Waals surface area contributed by atoms with Gasteiger partial charge in [0.1, 0.15) is 21.7 Å². The molecule has 13 heteroatoms. The molecule has 2 aromatic carbocycles. The molecule has 0 unspecified atom stereocenters. The number of thiazole rings is 1. The van der Waals surface area contributed by atoms with Crippen molar-refractivity contribution >= 4 is 32.6 Å².